The van der Waals surface area contributed by atoms with E-state index in [1.54, 1.807) is 6.92 Å². The molecule has 2 aromatic rings. The zero-order valence-corrected chi connectivity index (χ0v) is 16.3. The highest BCUT2D eigenvalue weighted by Gasteiger charge is 2.43. The summed E-state index contributed by atoms with van der Waals surface area (Å²) in [5.74, 6) is 1.16. The molecular formula is C21H26N2O2S. The molecule has 5 heteroatoms. The van der Waals surface area contributed by atoms with Crippen LogP contribution in [0.4, 0.5) is 0 Å². The molecule has 2 aliphatic heterocycles. The number of piperidine rings is 1. The molecule has 1 amide bonds. The largest absolute Gasteiger partial charge is 0.487 e. The maximum Gasteiger partial charge on any atom is 0.219 e. The maximum absolute atomic E-state index is 11.7. The molecule has 3 heterocycles. The molecule has 1 atom stereocenters. The zero-order valence-electron chi connectivity index (χ0n) is 15.5. The van der Waals surface area contributed by atoms with Crippen LogP contribution in [0.1, 0.15) is 47.5 Å². The number of para-hydroxylation sites is 1. The van der Waals surface area contributed by atoms with E-state index in [0.29, 0.717) is 0 Å². The average Bonchev–Trinajstić information content (AvgIpc) is 3.05. The molecule has 1 fully saturated rings. The summed E-state index contributed by atoms with van der Waals surface area (Å²) in [5, 5.41) is 3.76. The van der Waals surface area contributed by atoms with Crippen LogP contribution < -0.4 is 10.1 Å². The molecule has 2 aliphatic rings. The summed E-state index contributed by atoms with van der Waals surface area (Å²) < 4.78 is 6.50. The fourth-order valence-corrected chi connectivity index (χ4v) is 4.98. The van der Waals surface area contributed by atoms with Crippen molar-refractivity contribution < 1.29 is 9.53 Å². The number of hydrogen-bond acceptors (Lipinski definition) is 4. The molecule has 1 spiro atoms. The van der Waals surface area contributed by atoms with Crippen molar-refractivity contribution in [1.29, 1.82) is 0 Å². The lowest BCUT2D eigenvalue weighted by molar-refractivity contribution is -0.133. The summed E-state index contributed by atoms with van der Waals surface area (Å²) in [4.78, 5) is 16.3. The van der Waals surface area contributed by atoms with Crippen LogP contribution >= 0.6 is 11.3 Å². The van der Waals surface area contributed by atoms with Gasteiger partial charge in [-0.15, -0.1) is 11.3 Å². The van der Waals surface area contributed by atoms with E-state index in [2.05, 4.69) is 42.6 Å². The van der Waals surface area contributed by atoms with E-state index < -0.39 is 0 Å². The van der Waals surface area contributed by atoms with Gasteiger partial charge in [-0.1, -0.05) is 18.2 Å². The first kappa shape index (κ1) is 17.6. The van der Waals surface area contributed by atoms with Crippen molar-refractivity contribution >= 4 is 17.2 Å². The zero-order chi connectivity index (χ0) is 18.1. The minimum atomic E-state index is -0.163. The lowest BCUT2D eigenvalue weighted by atomic mass is 9.80. The number of benzene rings is 1. The number of rotatable bonds is 3. The molecule has 0 bridgehead atoms. The molecule has 1 aromatic heterocycles. The topological polar surface area (TPSA) is 41.6 Å². The average molecular weight is 371 g/mol. The SMILES string of the molecule is CC(=O)N1CCC2(CC1)C[C@@H](NCc1ccc(C)s1)c1ccccc1O2. The second-order valence-electron chi connectivity index (χ2n) is 7.48. The Morgan fingerprint density at radius 1 is 1.27 bits per heavy atom. The van der Waals surface area contributed by atoms with E-state index in [4.69, 9.17) is 4.74 Å². The van der Waals surface area contributed by atoms with E-state index in [0.717, 1.165) is 44.6 Å². The Morgan fingerprint density at radius 2 is 2.04 bits per heavy atom. The van der Waals surface area contributed by atoms with E-state index >= 15 is 0 Å². The number of amides is 1. The number of nitrogens with zero attached hydrogens (tertiary/aromatic N) is 1. The van der Waals surface area contributed by atoms with Crippen LogP contribution in [0.15, 0.2) is 36.4 Å². The number of ether oxygens (including phenoxy) is 1. The second-order valence-corrected chi connectivity index (χ2v) is 8.85. The first-order valence-electron chi connectivity index (χ1n) is 9.37. The van der Waals surface area contributed by atoms with Crippen molar-refractivity contribution in [1.82, 2.24) is 10.2 Å². The molecule has 4 nitrogen and oxygen atoms in total. The Bertz CT molecular complexity index is 793. The molecule has 0 radical (unpaired) electrons. The van der Waals surface area contributed by atoms with Crippen LogP contribution in [-0.4, -0.2) is 29.5 Å². The van der Waals surface area contributed by atoms with Crippen LogP contribution in [0, 0.1) is 6.92 Å². The summed E-state index contributed by atoms with van der Waals surface area (Å²) in [6, 6.07) is 13.1. The van der Waals surface area contributed by atoms with Gasteiger partial charge in [0.1, 0.15) is 11.4 Å². The van der Waals surface area contributed by atoms with Crippen molar-refractivity contribution in [3.8, 4) is 5.75 Å². The molecular weight excluding hydrogens is 344 g/mol. The number of carbonyl (C=O) groups is 1. The van der Waals surface area contributed by atoms with Crippen LogP contribution in [0.3, 0.4) is 0 Å². The molecule has 1 saturated heterocycles. The van der Waals surface area contributed by atoms with Crippen LogP contribution in [0.2, 0.25) is 0 Å². The monoisotopic (exact) mass is 370 g/mol. The smallest absolute Gasteiger partial charge is 0.219 e. The number of hydrogen-bond donors (Lipinski definition) is 1. The molecule has 0 saturated carbocycles. The van der Waals surface area contributed by atoms with Gasteiger partial charge < -0.3 is 15.0 Å². The predicted octanol–water partition coefficient (Wildman–Crippen LogP) is 4.05. The molecule has 26 heavy (non-hydrogen) atoms. The van der Waals surface area contributed by atoms with Crippen molar-refractivity contribution in [2.45, 2.75) is 51.3 Å². The first-order chi connectivity index (χ1) is 12.5. The van der Waals surface area contributed by atoms with E-state index in [9.17, 15) is 4.79 Å². The Labute approximate surface area is 159 Å². The van der Waals surface area contributed by atoms with Gasteiger partial charge >= 0.3 is 0 Å². The molecule has 1 N–H and O–H groups in total. The Hall–Kier alpha value is -1.85. The normalized spacial score (nSPS) is 21.3. The van der Waals surface area contributed by atoms with E-state index in [1.165, 1.54) is 15.3 Å². The molecule has 4 rings (SSSR count). The minimum absolute atomic E-state index is 0.163. The van der Waals surface area contributed by atoms with E-state index in [-0.39, 0.29) is 17.6 Å². The predicted molar refractivity (Wildman–Crippen MR) is 105 cm³/mol. The van der Waals surface area contributed by atoms with Gasteiger partial charge in [-0.2, -0.15) is 0 Å². The van der Waals surface area contributed by atoms with Gasteiger partial charge in [0.05, 0.1) is 0 Å². The van der Waals surface area contributed by atoms with Crippen molar-refractivity contribution in [2.24, 2.45) is 0 Å². The van der Waals surface area contributed by atoms with Gasteiger partial charge in [-0.3, -0.25) is 4.79 Å². The van der Waals surface area contributed by atoms with Gasteiger partial charge in [-0.25, -0.2) is 0 Å². The fraction of sp³-hybridized carbons (Fsp3) is 0.476. The lowest BCUT2D eigenvalue weighted by Crippen LogP contribution is -2.52. The van der Waals surface area contributed by atoms with Gasteiger partial charge in [-0.05, 0) is 25.1 Å². The summed E-state index contributed by atoms with van der Waals surface area (Å²) in [6.45, 7) is 6.26. The number of carbonyl (C=O) groups excluding carboxylic acids is 1. The van der Waals surface area contributed by atoms with Crippen molar-refractivity contribution in [3.63, 3.8) is 0 Å². The number of fused-ring (bicyclic) bond motifs is 1. The maximum atomic E-state index is 11.7. The molecule has 138 valence electrons. The van der Waals surface area contributed by atoms with Crippen LogP contribution in [-0.2, 0) is 11.3 Å². The quantitative estimate of drug-likeness (QED) is 0.886. The Morgan fingerprint density at radius 3 is 2.73 bits per heavy atom. The Kier molecular flexibility index (Phi) is 4.76. The van der Waals surface area contributed by atoms with Crippen LogP contribution in [0.5, 0.6) is 5.75 Å². The second kappa shape index (κ2) is 7.05. The van der Waals surface area contributed by atoms with Crippen LogP contribution in [0.25, 0.3) is 0 Å². The van der Waals surface area contributed by atoms with Gasteiger partial charge in [0, 0.05) is 67.2 Å². The summed E-state index contributed by atoms with van der Waals surface area (Å²) in [7, 11) is 0. The highest BCUT2D eigenvalue weighted by molar-refractivity contribution is 7.11. The summed E-state index contributed by atoms with van der Waals surface area (Å²) in [5.41, 5.74) is 1.09. The van der Waals surface area contributed by atoms with Gasteiger partial charge in [0.15, 0.2) is 0 Å². The Balaban J connectivity index is 1.52. The van der Waals surface area contributed by atoms with Crippen molar-refractivity contribution in [3.05, 3.63) is 51.7 Å². The van der Waals surface area contributed by atoms with Gasteiger partial charge in [0.2, 0.25) is 5.91 Å². The molecule has 0 aliphatic carbocycles. The van der Waals surface area contributed by atoms with Crippen molar-refractivity contribution in [2.75, 3.05) is 13.1 Å². The molecule has 0 unspecified atom stereocenters. The lowest BCUT2D eigenvalue weighted by Gasteiger charge is -2.47. The third kappa shape index (κ3) is 3.51. The number of aryl methyl sites for hydroxylation is 1. The fourth-order valence-electron chi connectivity index (χ4n) is 4.14. The minimum Gasteiger partial charge on any atom is -0.487 e. The highest BCUT2D eigenvalue weighted by Crippen LogP contribution is 2.44. The number of likely N-dealkylation sites (tertiary alicyclic amines) is 1. The first-order valence-corrected chi connectivity index (χ1v) is 10.2. The number of thiophene rings is 1. The summed E-state index contributed by atoms with van der Waals surface area (Å²) >= 11 is 1.85. The van der Waals surface area contributed by atoms with E-state index in [1.807, 2.05) is 22.3 Å². The summed E-state index contributed by atoms with van der Waals surface area (Å²) in [6.07, 6.45) is 2.76. The third-order valence-electron chi connectivity index (χ3n) is 5.64. The third-order valence-corrected chi connectivity index (χ3v) is 6.64. The van der Waals surface area contributed by atoms with Gasteiger partial charge in [0.25, 0.3) is 0 Å². The standard InChI is InChI=1S/C21H26N2O2S/c1-15-7-8-17(26-15)14-22-19-13-21(9-11-23(12-10-21)16(2)24)25-20-6-4-3-5-18(19)20/h3-8,19,22H,9-14H2,1-2H3/t19-/m1/s1. The highest BCUT2D eigenvalue weighted by atomic mass is 32.1. The number of nitrogens with one attached hydrogen (secondary N) is 1. The molecule has 1 aromatic carbocycles.